The number of carbonyl (C=O) groups excluding carboxylic acids is 3. The second-order valence-electron chi connectivity index (χ2n) is 9.61. The average molecular weight is 721 g/mol. The van der Waals surface area contributed by atoms with E-state index in [1.807, 2.05) is 0 Å². The number of aromatic amines is 1. The number of nitrogens with one attached hydrogen (secondary N) is 2. The van der Waals surface area contributed by atoms with E-state index in [1.54, 1.807) is 54.6 Å². The molecule has 0 unspecified atom stereocenters. The van der Waals surface area contributed by atoms with Crippen molar-refractivity contribution in [2.24, 2.45) is 5.92 Å². The van der Waals surface area contributed by atoms with E-state index in [-0.39, 0.29) is 23.3 Å². The van der Waals surface area contributed by atoms with Gasteiger partial charge in [0, 0.05) is 21.0 Å². The van der Waals surface area contributed by atoms with Crippen LogP contribution >= 0.6 is 62.2 Å². The fourth-order valence-electron chi connectivity index (χ4n) is 5.13. The lowest BCUT2D eigenvalue weighted by Crippen LogP contribution is -2.32. The summed E-state index contributed by atoms with van der Waals surface area (Å²) in [4.78, 5) is 56.9. The number of benzene rings is 3. The molecule has 0 radical (unpaired) electrons. The summed E-state index contributed by atoms with van der Waals surface area (Å²) in [7, 11) is 1.46. The molecule has 43 heavy (non-hydrogen) atoms. The minimum absolute atomic E-state index is 0.271. The van der Waals surface area contributed by atoms with E-state index in [9.17, 15) is 19.2 Å². The number of ether oxygens (including phenoxy) is 2. The van der Waals surface area contributed by atoms with Crippen LogP contribution in [0, 0.1) is 5.92 Å². The fourth-order valence-corrected chi connectivity index (χ4v) is 8.21. The van der Waals surface area contributed by atoms with Crippen molar-refractivity contribution < 1.29 is 23.9 Å². The van der Waals surface area contributed by atoms with Crippen molar-refractivity contribution in [2.45, 2.75) is 16.2 Å². The zero-order valence-corrected chi connectivity index (χ0v) is 26.8. The summed E-state index contributed by atoms with van der Waals surface area (Å²) in [5.74, 6) is -1.85. The standard InChI is InChI=1S/C29H20BrCl2N3O6S2/c1-40-20-10-13(2-9-19(20)41-12-21(36)33-15-5-8-17(31)18(32)11-15)22-23-25(42-26-24(22)43-29(39)34-26)28(38)35(27(23)37)16-6-3-14(30)4-7-16/h2-11,22-23,25H,12H2,1H3,(H,33,36)(H,34,39)/t22-,23-,25+/m0/s1. The monoisotopic (exact) mass is 719 g/mol. The van der Waals surface area contributed by atoms with Crippen molar-refractivity contribution in [3.8, 4) is 11.5 Å². The van der Waals surface area contributed by atoms with E-state index in [0.717, 1.165) is 15.8 Å². The molecule has 6 rings (SSSR count). The number of amides is 3. The molecule has 1 fully saturated rings. The zero-order chi connectivity index (χ0) is 30.4. The van der Waals surface area contributed by atoms with Crippen molar-refractivity contribution in [3.05, 3.63) is 95.3 Å². The Labute approximate surface area is 271 Å². The van der Waals surface area contributed by atoms with Gasteiger partial charge in [0.1, 0.15) is 5.25 Å². The Bertz CT molecular complexity index is 1830. The molecular weight excluding hydrogens is 701 g/mol. The van der Waals surface area contributed by atoms with Crippen molar-refractivity contribution in [1.29, 1.82) is 0 Å². The average Bonchev–Trinajstić information content (AvgIpc) is 3.48. The molecule has 0 aliphatic carbocycles. The van der Waals surface area contributed by atoms with Crippen LogP contribution in [0.3, 0.4) is 0 Å². The number of hydrogen-bond donors (Lipinski definition) is 2. The predicted molar refractivity (Wildman–Crippen MR) is 170 cm³/mol. The van der Waals surface area contributed by atoms with Gasteiger partial charge in [0.2, 0.25) is 11.8 Å². The molecule has 1 saturated heterocycles. The quantitative estimate of drug-likeness (QED) is 0.215. The zero-order valence-electron chi connectivity index (χ0n) is 22.1. The summed E-state index contributed by atoms with van der Waals surface area (Å²) in [5, 5.41) is 3.20. The Morgan fingerprint density at radius 1 is 1.00 bits per heavy atom. The van der Waals surface area contributed by atoms with E-state index in [0.29, 0.717) is 48.4 Å². The number of hydrogen-bond acceptors (Lipinski definition) is 8. The number of carbonyl (C=O) groups is 3. The van der Waals surface area contributed by atoms with Gasteiger partial charge in [0.05, 0.1) is 33.8 Å². The van der Waals surface area contributed by atoms with Gasteiger partial charge in [-0.2, -0.15) is 0 Å². The molecule has 2 aliphatic heterocycles. The van der Waals surface area contributed by atoms with Gasteiger partial charge in [-0.05, 0) is 60.2 Å². The molecule has 2 N–H and O–H groups in total. The molecule has 0 bridgehead atoms. The SMILES string of the molecule is COc1cc([C@@H]2c3sc(=O)[nH]c3S[C@H]3C(=O)N(c4ccc(Br)cc4)C(=O)[C@@H]23)ccc1OCC(=O)Nc1ccc(Cl)c(Cl)c1. The lowest BCUT2D eigenvalue weighted by molar-refractivity contribution is -0.122. The minimum atomic E-state index is -0.756. The van der Waals surface area contributed by atoms with Crippen LogP contribution in [0.1, 0.15) is 16.4 Å². The van der Waals surface area contributed by atoms with Crippen LogP contribution < -0.4 is 24.6 Å². The highest BCUT2D eigenvalue weighted by atomic mass is 79.9. The van der Waals surface area contributed by atoms with Crippen LogP contribution in [0.2, 0.25) is 10.0 Å². The Morgan fingerprint density at radius 3 is 2.49 bits per heavy atom. The number of methoxy groups -OCH3 is 1. The first-order chi connectivity index (χ1) is 20.6. The van der Waals surface area contributed by atoms with Crippen LogP contribution in [-0.4, -0.2) is 41.7 Å². The van der Waals surface area contributed by atoms with E-state index >= 15 is 0 Å². The summed E-state index contributed by atoms with van der Waals surface area (Å²) in [6.45, 7) is -0.320. The van der Waals surface area contributed by atoms with Gasteiger partial charge in [0.15, 0.2) is 18.1 Å². The van der Waals surface area contributed by atoms with Crippen molar-refractivity contribution in [3.63, 3.8) is 0 Å². The first-order valence-corrected chi connectivity index (χ1v) is 16.0. The lowest BCUT2D eigenvalue weighted by atomic mass is 9.83. The maximum Gasteiger partial charge on any atom is 0.305 e. The smallest absolute Gasteiger partial charge is 0.305 e. The highest BCUT2D eigenvalue weighted by molar-refractivity contribution is 9.10. The van der Waals surface area contributed by atoms with E-state index in [2.05, 4.69) is 26.2 Å². The van der Waals surface area contributed by atoms with E-state index in [4.69, 9.17) is 32.7 Å². The van der Waals surface area contributed by atoms with Crippen LogP contribution in [0.4, 0.5) is 11.4 Å². The minimum Gasteiger partial charge on any atom is -0.493 e. The normalized spacial score (nSPS) is 19.2. The number of rotatable bonds is 7. The van der Waals surface area contributed by atoms with Gasteiger partial charge in [-0.3, -0.25) is 19.2 Å². The molecule has 1 aromatic heterocycles. The molecule has 220 valence electrons. The van der Waals surface area contributed by atoms with Crippen molar-refractivity contribution in [1.82, 2.24) is 4.98 Å². The first-order valence-electron chi connectivity index (χ1n) is 12.7. The molecule has 3 aromatic carbocycles. The van der Waals surface area contributed by atoms with Crippen LogP contribution in [0.25, 0.3) is 0 Å². The van der Waals surface area contributed by atoms with Gasteiger partial charge in [-0.25, -0.2) is 4.90 Å². The number of fused-ring (bicyclic) bond motifs is 2. The summed E-state index contributed by atoms with van der Waals surface area (Å²) in [5.41, 5.74) is 1.60. The molecule has 3 amide bonds. The number of aromatic nitrogens is 1. The Morgan fingerprint density at radius 2 is 1.77 bits per heavy atom. The number of imide groups is 1. The predicted octanol–water partition coefficient (Wildman–Crippen LogP) is 6.33. The van der Waals surface area contributed by atoms with Crippen molar-refractivity contribution >= 4 is 91.3 Å². The van der Waals surface area contributed by atoms with Crippen molar-refractivity contribution in [2.75, 3.05) is 23.9 Å². The highest BCUT2D eigenvalue weighted by Crippen LogP contribution is 2.53. The number of H-pyrrole nitrogens is 1. The van der Waals surface area contributed by atoms with Crippen LogP contribution in [0.5, 0.6) is 11.5 Å². The third-order valence-electron chi connectivity index (χ3n) is 7.02. The molecule has 2 aliphatic rings. The number of thioether (sulfide) groups is 1. The van der Waals surface area contributed by atoms with Crippen LogP contribution in [0.15, 0.2) is 75.0 Å². The summed E-state index contributed by atoms with van der Waals surface area (Å²) < 4.78 is 12.2. The number of halogens is 3. The number of thiazole rings is 1. The third-order valence-corrected chi connectivity index (χ3v) is 10.7. The lowest BCUT2D eigenvalue weighted by Gasteiger charge is -2.30. The Balaban J connectivity index is 1.28. The molecule has 0 saturated carbocycles. The Kier molecular flexibility index (Phi) is 8.31. The van der Waals surface area contributed by atoms with Gasteiger partial charge in [-0.1, -0.05) is 68.3 Å². The van der Waals surface area contributed by atoms with Gasteiger partial charge in [-0.15, -0.1) is 0 Å². The van der Waals surface area contributed by atoms with Gasteiger partial charge >= 0.3 is 4.87 Å². The van der Waals surface area contributed by atoms with E-state index in [1.165, 1.54) is 29.8 Å². The third kappa shape index (κ3) is 5.69. The maximum absolute atomic E-state index is 13.9. The van der Waals surface area contributed by atoms with Crippen LogP contribution in [-0.2, 0) is 14.4 Å². The highest BCUT2D eigenvalue weighted by Gasteiger charge is 2.56. The molecule has 14 heteroatoms. The Hall–Kier alpha value is -3.29. The molecular formula is C29H20BrCl2N3O6S2. The van der Waals surface area contributed by atoms with Gasteiger partial charge in [0.25, 0.3) is 5.91 Å². The number of nitrogens with zero attached hydrogens (tertiary/aromatic N) is 1. The number of anilines is 2. The van der Waals surface area contributed by atoms with Gasteiger partial charge < -0.3 is 19.8 Å². The second kappa shape index (κ2) is 12.0. The fraction of sp³-hybridized carbons (Fsp3) is 0.172. The second-order valence-corrected chi connectivity index (χ2v) is 13.5. The molecule has 3 heterocycles. The molecule has 0 spiro atoms. The summed E-state index contributed by atoms with van der Waals surface area (Å²) in [6, 6.07) is 16.8. The molecule has 4 aromatic rings. The van der Waals surface area contributed by atoms with E-state index < -0.39 is 23.0 Å². The first kappa shape index (κ1) is 29.8. The topological polar surface area (TPSA) is 118 Å². The maximum atomic E-state index is 13.9. The summed E-state index contributed by atoms with van der Waals surface area (Å²) in [6.07, 6.45) is 0. The molecule has 9 nitrogen and oxygen atoms in total. The largest absolute Gasteiger partial charge is 0.493 e. The summed E-state index contributed by atoms with van der Waals surface area (Å²) >= 11 is 17.6. The molecule has 3 atom stereocenters.